The fourth-order valence-corrected chi connectivity index (χ4v) is 3.33. The fourth-order valence-electron chi connectivity index (χ4n) is 2.31. The Morgan fingerprint density at radius 2 is 2.35 bits per heavy atom. The van der Waals surface area contributed by atoms with Gasteiger partial charge in [-0.1, -0.05) is 19.1 Å². The van der Waals surface area contributed by atoms with Crippen LogP contribution in [0.1, 0.15) is 30.9 Å². The largest absolute Gasteiger partial charge is 0.481 e. The molecule has 1 aromatic carbocycles. The van der Waals surface area contributed by atoms with E-state index < -0.39 is 5.97 Å². The van der Waals surface area contributed by atoms with Gasteiger partial charge in [0.1, 0.15) is 0 Å². The lowest BCUT2D eigenvalue weighted by atomic mass is 9.96. The predicted molar refractivity (Wildman–Crippen MR) is 70.6 cm³/mol. The molecular formula is C14H18O2S. The summed E-state index contributed by atoms with van der Waals surface area (Å²) < 4.78 is 0. The van der Waals surface area contributed by atoms with Crippen LogP contribution in [0.4, 0.5) is 0 Å². The van der Waals surface area contributed by atoms with Crippen molar-refractivity contribution in [2.24, 2.45) is 5.92 Å². The van der Waals surface area contributed by atoms with Gasteiger partial charge in [-0.05, 0) is 48.1 Å². The van der Waals surface area contributed by atoms with Crippen LogP contribution >= 0.6 is 11.8 Å². The van der Waals surface area contributed by atoms with Crippen molar-refractivity contribution in [2.75, 3.05) is 5.75 Å². The molecule has 1 aromatic rings. The van der Waals surface area contributed by atoms with Crippen molar-refractivity contribution in [1.29, 1.82) is 0 Å². The topological polar surface area (TPSA) is 37.3 Å². The molecule has 0 fully saturated rings. The van der Waals surface area contributed by atoms with Gasteiger partial charge in [0.15, 0.2) is 0 Å². The highest BCUT2D eigenvalue weighted by molar-refractivity contribution is 7.99. The van der Waals surface area contributed by atoms with Crippen LogP contribution in [-0.4, -0.2) is 16.8 Å². The average molecular weight is 250 g/mol. The molecule has 0 amide bonds. The second-order valence-electron chi connectivity index (χ2n) is 4.80. The zero-order chi connectivity index (χ0) is 12.3. The molecule has 0 spiro atoms. The van der Waals surface area contributed by atoms with E-state index in [2.05, 4.69) is 18.2 Å². The van der Waals surface area contributed by atoms with Crippen molar-refractivity contribution >= 4 is 17.7 Å². The van der Waals surface area contributed by atoms with E-state index in [-0.39, 0.29) is 12.3 Å². The van der Waals surface area contributed by atoms with Crippen LogP contribution in [0.25, 0.3) is 0 Å². The second kappa shape index (κ2) is 5.58. The van der Waals surface area contributed by atoms with Crippen LogP contribution in [-0.2, 0) is 17.6 Å². The molecule has 0 aliphatic carbocycles. The molecule has 0 aromatic heterocycles. The van der Waals surface area contributed by atoms with E-state index in [1.54, 1.807) is 0 Å². The second-order valence-corrected chi connectivity index (χ2v) is 5.94. The van der Waals surface area contributed by atoms with Crippen LogP contribution in [0, 0.1) is 5.92 Å². The third-order valence-electron chi connectivity index (χ3n) is 3.08. The number of aliphatic carboxylic acids is 1. The highest BCUT2D eigenvalue weighted by atomic mass is 32.2. The maximum absolute atomic E-state index is 10.6. The van der Waals surface area contributed by atoms with Crippen molar-refractivity contribution in [2.45, 2.75) is 37.5 Å². The highest BCUT2D eigenvalue weighted by Crippen LogP contribution is 2.31. The number of carboxylic acids is 1. The van der Waals surface area contributed by atoms with Gasteiger partial charge in [-0.3, -0.25) is 4.79 Å². The van der Waals surface area contributed by atoms with Crippen LogP contribution in [0.15, 0.2) is 23.1 Å². The predicted octanol–water partition coefficient (Wildman–Crippen LogP) is 3.38. The zero-order valence-electron chi connectivity index (χ0n) is 10.1. The van der Waals surface area contributed by atoms with E-state index in [1.807, 2.05) is 18.7 Å². The van der Waals surface area contributed by atoms with Crippen molar-refractivity contribution < 1.29 is 9.90 Å². The molecule has 0 radical (unpaired) electrons. The summed E-state index contributed by atoms with van der Waals surface area (Å²) in [5, 5.41) is 8.75. The monoisotopic (exact) mass is 250 g/mol. The van der Waals surface area contributed by atoms with Gasteiger partial charge in [0, 0.05) is 11.3 Å². The van der Waals surface area contributed by atoms with Crippen LogP contribution in [0.5, 0.6) is 0 Å². The van der Waals surface area contributed by atoms with E-state index in [9.17, 15) is 4.79 Å². The maximum atomic E-state index is 10.6. The van der Waals surface area contributed by atoms with E-state index in [0.717, 1.165) is 6.42 Å². The molecule has 92 valence electrons. The molecule has 1 unspecified atom stereocenters. The van der Waals surface area contributed by atoms with Gasteiger partial charge >= 0.3 is 5.97 Å². The smallest absolute Gasteiger partial charge is 0.303 e. The molecule has 0 saturated heterocycles. The Morgan fingerprint density at radius 3 is 3.12 bits per heavy atom. The van der Waals surface area contributed by atoms with E-state index in [1.165, 1.54) is 34.6 Å². The van der Waals surface area contributed by atoms with Gasteiger partial charge < -0.3 is 5.11 Å². The standard InChI is InChI=1S/C14H18O2S/c1-10(8-14(15)16)7-11-4-5-13-12(9-11)3-2-6-17-13/h4-5,9-10H,2-3,6-8H2,1H3,(H,15,16). The first kappa shape index (κ1) is 12.5. The number of aryl methyl sites for hydroxylation is 1. The lowest BCUT2D eigenvalue weighted by molar-refractivity contribution is -0.137. The molecule has 1 atom stereocenters. The third kappa shape index (κ3) is 3.50. The van der Waals surface area contributed by atoms with E-state index in [0.29, 0.717) is 0 Å². The fraction of sp³-hybridized carbons (Fsp3) is 0.500. The summed E-state index contributed by atoms with van der Waals surface area (Å²) in [6.07, 6.45) is 3.55. The summed E-state index contributed by atoms with van der Waals surface area (Å²) in [5.41, 5.74) is 2.72. The van der Waals surface area contributed by atoms with Gasteiger partial charge in [-0.25, -0.2) is 0 Å². The zero-order valence-corrected chi connectivity index (χ0v) is 10.9. The molecule has 17 heavy (non-hydrogen) atoms. The summed E-state index contributed by atoms with van der Waals surface area (Å²) in [5.74, 6) is 0.731. The van der Waals surface area contributed by atoms with Crippen molar-refractivity contribution in [3.63, 3.8) is 0 Å². The minimum atomic E-state index is -0.703. The Labute approximate surface area is 106 Å². The number of rotatable bonds is 4. The Balaban J connectivity index is 2.04. The van der Waals surface area contributed by atoms with Crippen LogP contribution in [0.2, 0.25) is 0 Å². The molecule has 2 nitrogen and oxygen atoms in total. The molecular weight excluding hydrogens is 232 g/mol. The minimum Gasteiger partial charge on any atom is -0.481 e. The van der Waals surface area contributed by atoms with Gasteiger partial charge in [0.2, 0.25) is 0 Å². The summed E-state index contributed by atoms with van der Waals surface area (Å²) >= 11 is 1.93. The summed E-state index contributed by atoms with van der Waals surface area (Å²) in [7, 11) is 0. The number of carbonyl (C=O) groups is 1. The average Bonchev–Trinajstić information content (AvgIpc) is 2.27. The van der Waals surface area contributed by atoms with Gasteiger partial charge in [0.25, 0.3) is 0 Å². The Morgan fingerprint density at radius 1 is 1.53 bits per heavy atom. The lowest BCUT2D eigenvalue weighted by Gasteiger charge is -2.17. The molecule has 1 heterocycles. The lowest BCUT2D eigenvalue weighted by Crippen LogP contribution is -2.08. The number of thioether (sulfide) groups is 1. The number of hydrogen-bond acceptors (Lipinski definition) is 2. The Kier molecular flexibility index (Phi) is 4.11. The normalized spacial score (nSPS) is 16.3. The minimum absolute atomic E-state index is 0.210. The van der Waals surface area contributed by atoms with Crippen molar-refractivity contribution in [3.8, 4) is 0 Å². The molecule has 0 bridgehead atoms. The van der Waals surface area contributed by atoms with Gasteiger partial charge in [-0.2, -0.15) is 0 Å². The number of hydrogen-bond donors (Lipinski definition) is 1. The van der Waals surface area contributed by atoms with E-state index in [4.69, 9.17) is 5.11 Å². The number of carboxylic acid groups (broad SMARTS) is 1. The van der Waals surface area contributed by atoms with Crippen LogP contribution in [0.3, 0.4) is 0 Å². The Hall–Kier alpha value is -0.960. The Bertz CT molecular complexity index is 415. The quantitative estimate of drug-likeness (QED) is 0.890. The molecule has 1 aliphatic rings. The number of benzene rings is 1. The van der Waals surface area contributed by atoms with E-state index >= 15 is 0 Å². The third-order valence-corrected chi connectivity index (χ3v) is 4.28. The first-order valence-electron chi connectivity index (χ1n) is 6.11. The molecule has 0 saturated carbocycles. The summed E-state index contributed by atoms with van der Waals surface area (Å²) in [4.78, 5) is 12.0. The first-order valence-corrected chi connectivity index (χ1v) is 7.10. The van der Waals surface area contributed by atoms with Crippen molar-refractivity contribution in [1.82, 2.24) is 0 Å². The molecule has 1 aliphatic heterocycles. The van der Waals surface area contributed by atoms with Crippen LogP contribution < -0.4 is 0 Å². The van der Waals surface area contributed by atoms with Gasteiger partial charge in [0.05, 0.1) is 0 Å². The first-order chi connectivity index (χ1) is 8.15. The SMILES string of the molecule is CC(CC(=O)O)Cc1ccc2c(c1)CCCS2. The highest BCUT2D eigenvalue weighted by Gasteiger charge is 2.12. The maximum Gasteiger partial charge on any atom is 0.303 e. The molecule has 3 heteroatoms. The molecule has 2 rings (SSSR count). The number of fused-ring (bicyclic) bond motifs is 1. The molecule has 1 N–H and O–H groups in total. The van der Waals surface area contributed by atoms with Gasteiger partial charge in [-0.15, -0.1) is 11.8 Å². The summed E-state index contributed by atoms with van der Waals surface area (Å²) in [6.45, 7) is 2.00. The summed E-state index contributed by atoms with van der Waals surface area (Å²) in [6, 6.07) is 6.61. The van der Waals surface area contributed by atoms with Crippen molar-refractivity contribution in [3.05, 3.63) is 29.3 Å².